The van der Waals surface area contributed by atoms with E-state index in [-0.39, 0.29) is 23.7 Å². The Balaban J connectivity index is 1.60. The molecule has 2 heterocycles. The summed E-state index contributed by atoms with van der Waals surface area (Å²) in [4.78, 5) is 12.2. The highest BCUT2D eigenvalue weighted by Gasteiger charge is 2.35. The SMILES string of the molecule is O=C(OCC1CCOC1)C1CNNC1c1ccc(F)cc1. The normalized spacial score (nSPS) is 28.7. The van der Waals surface area contributed by atoms with Gasteiger partial charge < -0.3 is 9.47 Å². The fourth-order valence-electron chi connectivity index (χ4n) is 2.72. The van der Waals surface area contributed by atoms with E-state index in [0.717, 1.165) is 18.6 Å². The number of hydrogen-bond donors (Lipinski definition) is 2. The molecule has 2 aliphatic rings. The maximum Gasteiger partial charge on any atom is 0.312 e. The molecule has 0 amide bonds. The minimum Gasteiger partial charge on any atom is -0.465 e. The Morgan fingerprint density at radius 3 is 2.90 bits per heavy atom. The van der Waals surface area contributed by atoms with Crippen LogP contribution in [0.2, 0.25) is 0 Å². The molecule has 2 fully saturated rings. The molecule has 3 rings (SSSR count). The first-order valence-electron chi connectivity index (χ1n) is 7.22. The van der Waals surface area contributed by atoms with Crippen LogP contribution in [0.25, 0.3) is 0 Å². The van der Waals surface area contributed by atoms with Crippen LogP contribution in [0.5, 0.6) is 0 Å². The van der Waals surface area contributed by atoms with Crippen molar-refractivity contribution in [3.63, 3.8) is 0 Å². The van der Waals surface area contributed by atoms with E-state index in [2.05, 4.69) is 10.9 Å². The number of ether oxygens (including phenoxy) is 2. The summed E-state index contributed by atoms with van der Waals surface area (Å²) in [6.45, 7) is 2.32. The maximum absolute atomic E-state index is 13.0. The average molecular weight is 294 g/mol. The Morgan fingerprint density at radius 2 is 2.19 bits per heavy atom. The second kappa shape index (κ2) is 6.51. The van der Waals surface area contributed by atoms with Crippen LogP contribution in [0.15, 0.2) is 24.3 Å². The average Bonchev–Trinajstić information content (AvgIpc) is 3.17. The summed E-state index contributed by atoms with van der Waals surface area (Å²) < 4.78 is 23.7. The summed E-state index contributed by atoms with van der Waals surface area (Å²) in [7, 11) is 0. The number of esters is 1. The number of carbonyl (C=O) groups is 1. The van der Waals surface area contributed by atoms with Gasteiger partial charge in [-0.3, -0.25) is 10.2 Å². The quantitative estimate of drug-likeness (QED) is 0.816. The highest BCUT2D eigenvalue weighted by molar-refractivity contribution is 5.74. The second-order valence-corrected chi connectivity index (χ2v) is 5.52. The first kappa shape index (κ1) is 14.4. The van der Waals surface area contributed by atoms with Crippen molar-refractivity contribution in [2.75, 3.05) is 26.4 Å². The number of rotatable bonds is 4. The van der Waals surface area contributed by atoms with E-state index in [4.69, 9.17) is 9.47 Å². The van der Waals surface area contributed by atoms with E-state index in [1.807, 2.05) is 0 Å². The topological polar surface area (TPSA) is 59.6 Å². The fraction of sp³-hybridized carbons (Fsp3) is 0.533. The Kier molecular flexibility index (Phi) is 4.48. The molecule has 1 aromatic carbocycles. The lowest BCUT2D eigenvalue weighted by atomic mass is 9.95. The summed E-state index contributed by atoms with van der Waals surface area (Å²) >= 11 is 0. The Hall–Kier alpha value is -1.50. The molecule has 114 valence electrons. The van der Waals surface area contributed by atoms with Gasteiger partial charge in [0, 0.05) is 19.1 Å². The van der Waals surface area contributed by atoms with Crippen LogP contribution in [0.3, 0.4) is 0 Å². The van der Waals surface area contributed by atoms with E-state index in [1.54, 1.807) is 12.1 Å². The van der Waals surface area contributed by atoms with Gasteiger partial charge in [0.15, 0.2) is 0 Å². The third kappa shape index (κ3) is 3.40. The molecule has 0 radical (unpaired) electrons. The smallest absolute Gasteiger partial charge is 0.312 e. The fourth-order valence-corrected chi connectivity index (χ4v) is 2.72. The zero-order valence-electron chi connectivity index (χ0n) is 11.7. The molecule has 2 N–H and O–H groups in total. The molecule has 6 heteroatoms. The lowest BCUT2D eigenvalue weighted by Gasteiger charge is -2.18. The summed E-state index contributed by atoms with van der Waals surface area (Å²) in [5, 5.41) is 0. The van der Waals surface area contributed by atoms with Gasteiger partial charge in [-0.2, -0.15) is 0 Å². The lowest BCUT2D eigenvalue weighted by Crippen LogP contribution is -2.28. The first-order chi connectivity index (χ1) is 10.2. The molecule has 0 aliphatic carbocycles. The Morgan fingerprint density at radius 1 is 1.38 bits per heavy atom. The third-order valence-electron chi connectivity index (χ3n) is 4.00. The van der Waals surface area contributed by atoms with Crippen LogP contribution in [0.4, 0.5) is 4.39 Å². The largest absolute Gasteiger partial charge is 0.465 e. The molecule has 0 spiro atoms. The van der Waals surface area contributed by atoms with Crippen molar-refractivity contribution in [3.8, 4) is 0 Å². The monoisotopic (exact) mass is 294 g/mol. The van der Waals surface area contributed by atoms with Crippen LogP contribution in [0.1, 0.15) is 18.0 Å². The van der Waals surface area contributed by atoms with Crippen molar-refractivity contribution < 1.29 is 18.7 Å². The molecule has 0 aromatic heterocycles. The number of halogens is 1. The van der Waals surface area contributed by atoms with Gasteiger partial charge in [-0.25, -0.2) is 9.82 Å². The highest BCUT2D eigenvalue weighted by Crippen LogP contribution is 2.26. The van der Waals surface area contributed by atoms with E-state index < -0.39 is 0 Å². The van der Waals surface area contributed by atoms with Crippen LogP contribution < -0.4 is 10.9 Å². The number of hydrogen-bond acceptors (Lipinski definition) is 5. The Bertz CT molecular complexity index is 488. The zero-order chi connectivity index (χ0) is 14.7. The number of nitrogens with one attached hydrogen (secondary N) is 2. The summed E-state index contributed by atoms with van der Waals surface area (Å²) in [6.07, 6.45) is 0.940. The summed E-state index contributed by atoms with van der Waals surface area (Å²) in [6, 6.07) is 5.97. The third-order valence-corrected chi connectivity index (χ3v) is 4.00. The van der Waals surface area contributed by atoms with Crippen molar-refractivity contribution in [2.45, 2.75) is 12.5 Å². The standard InChI is InChI=1S/C15H19FN2O3/c16-12-3-1-11(2-4-12)14-13(7-17-18-14)15(19)21-9-10-5-6-20-8-10/h1-4,10,13-14,17-18H,5-9H2. The number of hydrazine groups is 1. The summed E-state index contributed by atoms with van der Waals surface area (Å²) in [5.74, 6) is -0.517. The molecular formula is C15H19FN2O3. The number of benzene rings is 1. The molecule has 21 heavy (non-hydrogen) atoms. The Labute approximate surface area is 122 Å². The molecule has 3 atom stereocenters. The van der Waals surface area contributed by atoms with Crippen LogP contribution in [-0.4, -0.2) is 32.3 Å². The molecular weight excluding hydrogens is 275 g/mol. The molecule has 5 nitrogen and oxygen atoms in total. The minimum absolute atomic E-state index is 0.196. The van der Waals surface area contributed by atoms with E-state index in [1.165, 1.54) is 12.1 Å². The van der Waals surface area contributed by atoms with Crippen molar-refractivity contribution in [2.24, 2.45) is 11.8 Å². The van der Waals surface area contributed by atoms with Gasteiger partial charge in [-0.15, -0.1) is 0 Å². The van der Waals surface area contributed by atoms with Gasteiger partial charge in [0.2, 0.25) is 0 Å². The molecule has 2 aliphatic heterocycles. The van der Waals surface area contributed by atoms with Crippen LogP contribution >= 0.6 is 0 Å². The molecule has 3 unspecified atom stereocenters. The minimum atomic E-state index is -0.308. The zero-order valence-corrected chi connectivity index (χ0v) is 11.7. The van der Waals surface area contributed by atoms with Gasteiger partial charge in [0.05, 0.1) is 25.2 Å². The molecule has 0 saturated carbocycles. The lowest BCUT2D eigenvalue weighted by molar-refractivity contribution is -0.149. The predicted molar refractivity (Wildman–Crippen MR) is 73.7 cm³/mol. The van der Waals surface area contributed by atoms with Gasteiger partial charge in [-0.05, 0) is 24.1 Å². The van der Waals surface area contributed by atoms with Crippen molar-refractivity contribution in [1.29, 1.82) is 0 Å². The van der Waals surface area contributed by atoms with Crippen molar-refractivity contribution in [3.05, 3.63) is 35.6 Å². The maximum atomic E-state index is 13.0. The van der Waals surface area contributed by atoms with Crippen LogP contribution in [0, 0.1) is 17.7 Å². The van der Waals surface area contributed by atoms with Crippen molar-refractivity contribution >= 4 is 5.97 Å². The van der Waals surface area contributed by atoms with Gasteiger partial charge in [-0.1, -0.05) is 12.1 Å². The van der Waals surface area contributed by atoms with E-state index >= 15 is 0 Å². The van der Waals surface area contributed by atoms with Gasteiger partial charge in [0.1, 0.15) is 5.82 Å². The van der Waals surface area contributed by atoms with Gasteiger partial charge in [0.25, 0.3) is 0 Å². The van der Waals surface area contributed by atoms with E-state index in [9.17, 15) is 9.18 Å². The first-order valence-corrected chi connectivity index (χ1v) is 7.22. The molecule has 0 bridgehead atoms. The molecule has 2 saturated heterocycles. The second-order valence-electron chi connectivity index (χ2n) is 5.52. The summed E-state index contributed by atoms with van der Waals surface area (Å²) in [5.41, 5.74) is 6.90. The highest BCUT2D eigenvalue weighted by atomic mass is 19.1. The van der Waals surface area contributed by atoms with E-state index in [0.29, 0.717) is 25.7 Å². The van der Waals surface area contributed by atoms with Gasteiger partial charge >= 0.3 is 5.97 Å². The number of carbonyl (C=O) groups excluding carboxylic acids is 1. The van der Waals surface area contributed by atoms with Crippen LogP contribution in [-0.2, 0) is 14.3 Å². The molecule has 1 aromatic rings. The predicted octanol–water partition coefficient (Wildman–Crippen LogP) is 1.17. The van der Waals surface area contributed by atoms with Crippen molar-refractivity contribution in [1.82, 2.24) is 10.9 Å².